The van der Waals surface area contributed by atoms with Gasteiger partial charge in [-0.05, 0) is 25.1 Å². The average Bonchev–Trinajstić information content (AvgIpc) is 3.41. The Morgan fingerprint density at radius 3 is 2.63 bits per heavy atom. The molecule has 180 valence electrons. The number of thiazole rings is 1. The van der Waals surface area contributed by atoms with Crippen molar-refractivity contribution in [2.75, 3.05) is 32.2 Å². The van der Waals surface area contributed by atoms with Gasteiger partial charge in [-0.15, -0.1) is 11.3 Å². The summed E-state index contributed by atoms with van der Waals surface area (Å²) in [5, 5.41) is 5.78. The number of nitrogens with one attached hydrogen (secondary N) is 1. The number of aryl methyl sites for hydroxylation is 1. The van der Waals surface area contributed by atoms with Crippen molar-refractivity contribution in [3.05, 3.63) is 69.2 Å². The third kappa shape index (κ3) is 3.79. The molecule has 0 saturated carbocycles. The van der Waals surface area contributed by atoms with Crippen LogP contribution in [0.4, 0.5) is 5.69 Å². The molecule has 2 aliphatic rings. The maximum absolute atomic E-state index is 13.7. The van der Waals surface area contributed by atoms with Gasteiger partial charge in [-0.25, -0.2) is 4.98 Å². The second-order valence-corrected chi connectivity index (χ2v) is 9.19. The highest BCUT2D eigenvalue weighted by Gasteiger charge is 2.50. The lowest BCUT2D eigenvalue weighted by Gasteiger charge is -2.40. The highest BCUT2D eigenvalue weighted by Crippen LogP contribution is 2.49. The monoisotopic (exact) mass is 492 g/mol. The largest absolute Gasteiger partial charge is 0.493 e. The van der Waals surface area contributed by atoms with Crippen LogP contribution in [0.2, 0.25) is 0 Å². The van der Waals surface area contributed by atoms with Crippen molar-refractivity contribution in [2.45, 2.75) is 19.5 Å². The molecule has 0 unspecified atom stereocenters. The minimum Gasteiger partial charge on any atom is -0.493 e. The fourth-order valence-electron chi connectivity index (χ4n) is 4.62. The van der Waals surface area contributed by atoms with Crippen LogP contribution in [0.1, 0.15) is 43.1 Å². The predicted octanol–water partition coefficient (Wildman–Crippen LogP) is 2.94. The van der Waals surface area contributed by atoms with Gasteiger partial charge < -0.3 is 19.7 Å². The molecule has 1 aromatic heterocycles. The van der Waals surface area contributed by atoms with Crippen LogP contribution in [0.5, 0.6) is 11.5 Å². The zero-order chi connectivity index (χ0) is 24.7. The van der Waals surface area contributed by atoms with Crippen LogP contribution >= 0.6 is 11.3 Å². The molecule has 0 fully saturated rings. The van der Waals surface area contributed by atoms with Gasteiger partial charge in [0, 0.05) is 29.6 Å². The molecule has 1 atom stereocenters. The number of nitrogens with zero attached hydrogens (tertiary/aromatic N) is 3. The molecule has 0 radical (unpaired) electrons. The number of benzene rings is 2. The van der Waals surface area contributed by atoms with Crippen molar-refractivity contribution >= 4 is 34.7 Å². The second-order valence-electron chi connectivity index (χ2n) is 8.25. The highest BCUT2D eigenvalue weighted by atomic mass is 32.1. The molecule has 2 aromatic carbocycles. The third-order valence-corrected chi connectivity index (χ3v) is 7.15. The van der Waals surface area contributed by atoms with Gasteiger partial charge in [-0.3, -0.25) is 19.3 Å². The Balaban J connectivity index is 1.47. The Labute approximate surface area is 206 Å². The van der Waals surface area contributed by atoms with Gasteiger partial charge in [0.1, 0.15) is 12.7 Å². The predicted molar refractivity (Wildman–Crippen MR) is 130 cm³/mol. The first kappa shape index (κ1) is 22.9. The van der Waals surface area contributed by atoms with Gasteiger partial charge in [0.15, 0.2) is 11.5 Å². The van der Waals surface area contributed by atoms with E-state index in [1.54, 1.807) is 52.6 Å². The molecule has 2 aliphatic heterocycles. The van der Waals surface area contributed by atoms with E-state index in [2.05, 4.69) is 10.3 Å². The lowest BCUT2D eigenvalue weighted by molar-refractivity contribution is -0.122. The van der Waals surface area contributed by atoms with Crippen molar-refractivity contribution < 1.29 is 23.9 Å². The molecule has 1 N–H and O–H groups in total. The second kappa shape index (κ2) is 9.03. The number of para-hydroxylation sites is 1. The zero-order valence-electron chi connectivity index (χ0n) is 19.5. The summed E-state index contributed by atoms with van der Waals surface area (Å²) in [6.45, 7) is 2.13. The lowest BCUT2D eigenvalue weighted by Crippen LogP contribution is -2.51. The fourth-order valence-corrected chi connectivity index (χ4v) is 5.40. The van der Waals surface area contributed by atoms with E-state index >= 15 is 0 Å². The van der Waals surface area contributed by atoms with Crippen LogP contribution in [-0.4, -0.2) is 54.9 Å². The number of fused-ring (bicyclic) bond motifs is 5. The van der Waals surface area contributed by atoms with Crippen molar-refractivity contribution in [3.8, 4) is 11.5 Å². The Hall–Kier alpha value is -3.92. The number of anilines is 1. The lowest BCUT2D eigenvalue weighted by atomic mass is 10.0. The van der Waals surface area contributed by atoms with Crippen LogP contribution in [-0.2, 0) is 11.2 Å². The standard InChI is InChI=1S/C25H24N4O5S/c1-14-13-35-20(27-14)10-11-26-19(30)12-28-23-16-8-9-18(33-2)22(34-3)21(16)25(32)29(23)17-7-5-4-6-15(17)24(28)31/h4-9,13,23H,10-12H2,1-3H3,(H,26,30)/t23-/m0/s1. The van der Waals surface area contributed by atoms with Gasteiger partial charge in [0.25, 0.3) is 11.8 Å². The van der Waals surface area contributed by atoms with E-state index in [9.17, 15) is 14.4 Å². The summed E-state index contributed by atoms with van der Waals surface area (Å²) in [5.41, 5.74) is 2.72. The minimum absolute atomic E-state index is 0.202. The first-order chi connectivity index (χ1) is 16.9. The van der Waals surface area contributed by atoms with Gasteiger partial charge in [0.2, 0.25) is 5.91 Å². The quantitative estimate of drug-likeness (QED) is 0.544. The van der Waals surface area contributed by atoms with Crippen LogP contribution in [0.25, 0.3) is 0 Å². The molecule has 3 aromatic rings. The van der Waals surface area contributed by atoms with E-state index in [1.165, 1.54) is 19.1 Å². The molecular formula is C25H24N4O5S. The summed E-state index contributed by atoms with van der Waals surface area (Å²) >= 11 is 1.55. The van der Waals surface area contributed by atoms with E-state index in [4.69, 9.17) is 9.47 Å². The topological polar surface area (TPSA) is 101 Å². The Morgan fingerprint density at radius 2 is 1.91 bits per heavy atom. The number of ether oxygens (including phenoxy) is 2. The molecule has 0 bridgehead atoms. The Kier molecular flexibility index (Phi) is 5.89. The average molecular weight is 493 g/mol. The summed E-state index contributed by atoms with van der Waals surface area (Å²) in [7, 11) is 2.97. The summed E-state index contributed by atoms with van der Waals surface area (Å²) in [5.74, 6) is -0.223. The summed E-state index contributed by atoms with van der Waals surface area (Å²) in [4.78, 5) is 47.5. The number of amides is 3. The molecule has 3 amide bonds. The highest BCUT2D eigenvalue weighted by molar-refractivity contribution is 7.09. The number of rotatable bonds is 7. The summed E-state index contributed by atoms with van der Waals surface area (Å²) in [6.07, 6.45) is -0.165. The molecule has 5 rings (SSSR count). The van der Waals surface area contributed by atoms with E-state index in [0.29, 0.717) is 46.8 Å². The van der Waals surface area contributed by atoms with Gasteiger partial charge in [0.05, 0.1) is 36.0 Å². The number of methoxy groups -OCH3 is 2. The van der Waals surface area contributed by atoms with Crippen molar-refractivity contribution in [1.29, 1.82) is 0 Å². The fraction of sp³-hybridized carbons (Fsp3) is 0.280. The molecule has 0 aliphatic carbocycles. The van der Waals surface area contributed by atoms with E-state index in [-0.39, 0.29) is 24.3 Å². The van der Waals surface area contributed by atoms with Crippen molar-refractivity contribution in [2.24, 2.45) is 0 Å². The molecule has 35 heavy (non-hydrogen) atoms. The van der Waals surface area contributed by atoms with Crippen molar-refractivity contribution in [1.82, 2.24) is 15.2 Å². The summed E-state index contributed by atoms with van der Waals surface area (Å²) in [6, 6.07) is 10.4. The number of hydrogen-bond donors (Lipinski definition) is 1. The molecule has 9 nitrogen and oxygen atoms in total. The first-order valence-corrected chi connectivity index (χ1v) is 12.0. The van der Waals surface area contributed by atoms with Crippen LogP contribution in [0, 0.1) is 6.92 Å². The Morgan fingerprint density at radius 1 is 1.11 bits per heavy atom. The third-order valence-electron chi connectivity index (χ3n) is 6.12. The number of carbonyl (C=O) groups excluding carboxylic acids is 3. The maximum Gasteiger partial charge on any atom is 0.264 e. The van der Waals surface area contributed by atoms with E-state index < -0.39 is 6.17 Å². The van der Waals surface area contributed by atoms with Crippen LogP contribution in [0.15, 0.2) is 41.8 Å². The van der Waals surface area contributed by atoms with E-state index in [0.717, 1.165) is 10.7 Å². The maximum atomic E-state index is 13.7. The minimum atomic E-state index is -0.771. The number of hydrogen-bond acceptors (Lipinski definition) is 7. The van der Waals surface area contributed by atoms with Gasteiger partial charge in [-0.1, -0.05) is 18.2 Å². The normalized spacial score (nSPS) is 16.0. The van der Waals surface area contributed by atoms with Crippen LogP contribution in [0.3, 0.4) is 0 Å². The molecular weight excluding hydrogens is 468 g/mol. The van der Waals surface area contributed by atoms with E-state index in [1.807, 2.05) is 12.3 Å². The van der Waals surface area contributed by atoms with Gasteiger partial charge in [-0.2, -0.15) is 0 Å². The zero-order valence-corrected chi connectivity index (χ0v) is 20.3. The van der Waals surface area contributed by atoms with Gasteiger partial charge >= 0.3 is 0 Å². The number of carbonyl (C=O) groups is 3. The SMILES string of the molecule is COc1ccc2c(c1OC)C(=O)N1c3ccccc3C(=O)N(CC(=O)NCCc3nc(C)cs3)[C@H]21. The summed E-state index contributed by atoms with van der Waals surface area (Å²) < 4.78 is 10.9. The van der Waals surface area contributed by atoms with Crippen molar-refractivity contribution in [3.63, 3.8) is 0 Å². The molecule has 0 saturated heterocycles. The number of aromatic nitrogens is 1. The molecule has 10 heteroatoms. The Bertz CT molecular complexity index is 1340. The smallest absolute Gasteiger partial charge is 0.264 e. The molecule has 0 spiro atoms. The first-order valence-electron chi connectivity index (χ1n) is 11.1. The molecule has 3 heterocycles. The van der Waals surface area contributed by atoms with Crippen LogP contribution < -0.4 is 19.7 Å².